The summed E-state index contributed by atoms with van der Waals surface area (Å²) in [6, 6.07) is 2.40. The van der Waals surface area contributed by atoms with Gasteiger partial charge in [0, 0.05) is 11.6 Å². The summed E-state index contributed by atoms with van der Waals surface area (Å²) in [4.78, 5) is 8.28. The van der Waals surface area contributed by atoms with Crippen molar-refractivity contribution in [3.63, 3.8) is 0 Å². The molecule has 1 atom stereocenters. The van der Waals surface area contributed by atoms with Crippen LogP contribution in [0.15, 0.2) is 23.2 Å². The molecule has 1 N–H and O–H groups in total. The molecule has 0 amide bonds. The van der Waals surface area contributed by atoms with Gasteiger partial charge in [0.2, 0.25) is 0 Å². The first-order valence-corrected chi connectivity index (χ1v) is 7.60. The summed E-state index contributed by atoms with van der Waals surface area (Å²) >= 11 is 7.86. The fraction of sp³-hybridized carbons (Fsp3) is 0.308. The van der Waals surface area contributed by atoms with E-state index in [0.29, 0.717) is 10.9 Å². The van der Waals surface area contributed by atoms with Crippen molar-refractivity contribution in [3.8, 4) is 0 Å². The van der Waals surface area contributed by atoms with E-state index < -0.39 is 0 Å². The lowest BCUT2D eigenvalue weighted by Gasteiger charge is -2.17. The largest absolute Gasteiger partial charge is 0.367 e. The molecule has 3 aromatic heterocycles. The zero-order valence-electron chi connectivity index (χ0n) is 11.2. The number of rotatable bonds is 4. The molecule has 0 aliphatic heterocycles. The third-order valence-corrected chi connectivity index (χ3v) is 4.21. The minimum absolute atomic E-state index is 0.258. The van der Waals surface area contributed by atoms with Crippen molar-refractivity contribution in [3.05, 3.63) is 39.4 Å². The Morgan fingerprint density at radius 3 is 3.10 bits per heavy atom. The van der Waals surface area contributed by atoms with Crippen molar-refractivity contribution in [2.45, 2.75) is 26.3 Å². The molecule has 1 unspecified atom stereocenters. The van der Waals surface area contributed by atoms with Crippen molar-refractivity contribution in [1.82, 2.24) is 19.6 Å². The lowest BCUT2D eigenvalue weighted by molar-refractivity contribution is 0.770. The Kier molecular flexibility index (Phi) is 3.58. The predicted molar refractivity (Wildman–Crippen MR) is 81.6 cm³/mol. The number of anilines is 1. The monoisotopic (exact) mass is 307 g/mol. The Bertz CT molecular complexity index is 722. The number of thiophene rings is 1. The maximum atomic E-state index is 6.15. The first-order valence-electron chi connectivity index (χ1n) is 6.28. The summed E-state index contributed by atoms with van der Waals surface area (Å²) < 4.78 is 1.69. The van der Waals surface area contributed by atoms with E-state index in [0.717, 1.165) is 17.8 Å². The fourth-order valence-electron chi connectivity index (χ4n) is 2.11. The van der Waals surface area contributed by atoms with Crippen LogP contribution in [-0.2, 0) is 6.42 Å². The third kappa shape index (κ3) is 2.48. The number of nitrogens with zero attached hydrogens (tertiary/aromatic N) is 4. The number of fused-ring (bicyclic) bond motifs is 1. The Morgan fingerprint density at radius 1 is 1.50 bits per heavy atom. The van der Waals surface area contributed by atoms with Gasteiger partial charge in [-0.15, -0.1) is 0 Å². The van der Waals surface area contributed by atoms with Gasteiger partial charge in [0.1, 0.15) is 17.3 Å². The Morgan fingerprint density at radius 2 is 2.35 bits per heavy atom. The second-order valence-electron chi connectivity index (χ2n) is 4.73. The van der Waals surface area contributed by atoms with Crippen LogP contribution in [0.3, 0.4) is 0 Å². The minimum Gasteiger partial charge on any atom is -0.367 e. The van der Waals surface area contributed by atoms with Gasteiger partial charge in [0.25, 0.3) is 5.78 Å². The molecule has 20 heavy (non-hydrogen) atoms. The van der Waals surface area contributed by atoms with Crippen LogP contribution in [0.2, 0.25) is 5.15 Å². The molecule has 0 saturated carbocycles. The molecular formula is C13H14ClN5S. The van der Waals surface area contributed by atoms with Gasteiger partial charge in [-0.2, -0.15) is 30.9 Å². The standard InChI is InChI=1S/C13H14ClN5S/c1-8(5-10-3-4-20-6-10)17-12-9(2)11(14)18-13-15-7-16-19(12)13/h3-4,6-8,17H,5H2,1-2H3. The molecule has 0 aliphatic carbocycles. The smallest absolute Gasteiger partial charge is 0.255 e. The summed E-state index contributed by atoms with van der Waals surface area (Å²) in [6.07, 6.45) is 2.42. The van der Waals surface area contributed by atoms with Crippen LogP contribution >= 0.6 is 22.9 Å². The summed E-state index contributed by atoms with van der Waals surface area (Å²) in [5.74, 6) is 1.35. The van der Waals surface area contributed by atoms with Crippen LogP contribution in [-0.4, -0.2) is 25.6 Å². The molecule has 104 valence electrons. The van der Waals surface area contributed by atoms with Crippen LogP contribution in [0.4, 0.5) is 5.82 Å². The second kappa shape index (κ2) is 5.38. The van der Waals surface area contributed by atoms with Crippen LogP contribution in [0.5, 0.6) is 0 Å². The quantitative estimate of drug-likeness (QED) is 0.752. The molecule has 3 rings (SSSR count). The minimum atomic E-state index is 0.258. The maximum absolute atomic E-state index is 6.15. The van der Waals surface area contributed by atoms with Crippen LogP contribution in [0.25, 0.3) is 5.78 Å². The molecule has 7 heteroatoms. The zero-order chi connectivity index (χ0) is 14.1. The van der Waals surface area contributed by atoms with Gasteiger partial charge in [-0.1, -0.05) is 11.6 Å². The van der Waals surface area contributed by atoms with Gasteiger partial charge in [0.15, 0.2) is 0 Å². The normalized spacial score (nSPS) is 12.8. The van der Waals surface area contributed by atoms with Gasteiger partial charge in [0.05, 0.1) is 0 Å². The van der Waals surface area contributed by atoms with Crippen molar-refractivity contribution in [1.29, 1.82) is 0 Å². The topological polar surface area (TPSA) is 55.1 Å². The average Bonchev–Trinajstić information content (AvgIpc) is 3.05. The maximum Gasteiger partial charge on any atom is 0.255 e. The molecule has 0 fully saturated rings. The van der Waals surface area contributed by atoms with Gasteiger partial charge < -0.3 is 5.32 Å². The lowest BCUT2D eigenvalue weighted by Crippen LogP contribution is -2.21. The zero-order valence-corrected chi connectivity index (χ0v) is 12.7. The van der Waals surface area contributed by atoms with Gasteiger partial charge >= 0.3 is 0 Å². The van der Waals surface area contributed by atoms with E-state index in [1.165, 1.54) is 11.9 Å². The lowest BCUT2D eigenvalue weighted by atomic mass is 10.1. The molecule has 0 spiro atoms. The van der Waals surface area contributed by atoms with Gasteiger partial charge in [-0.05, 0) is 42.7 Å². The highest BCUT2D eigenvalue weighted by molar-refractivity contribution is 7.07. The summed E-state index contributed by atoms with van der Waals surface area (Å²) in [6.45, 7) is 4.06. The number of hydrogen-bond acceptors (Lipinski definition) is 5. The molecule has 3 aromatic rings. The summed E-state index contributed by atoms with van der Waals surface area (Å²) in [7, 11) is 0. The van der Waals surface area contributed by atoms with Crippen LogP contribution < -0.4 is 5.32 Å². The van der Waals surface area contributed by atoms with E-state index in [-0.39, 0.29) is 6.04 Å². The molecule has 5 nitrogen and oxygen atoms in total. The highest BCUT2D eigenvalue weighted by Gasteiger charge is 2.14. The summed E-state index contributed by atoms with van der Waals surface area (Å²) in [5.41, 5.74) is 2.20. The first kappa shape index (κ1) is 13.3. The second-order valence-corrected chi connectivity index (χ2v) is 5.87. The fourth-order valence-corrected chi connectivity index (χ4v) is 2.96. The van der Waals surface area contributed by atoms with Crippen LogP contribution in [0, 0.1) is 6.92 Å². The van der Waals surface area contributed by atoms with E-state index in [1.807, 2.05) is 6.92 Å². The van der Waals surface area contributed by atoms with Gasteiger partial charge in [-0.3, -0.25) is 0 Å². The SMILES string of the molecule is Cc1c(Cl)nc2ncnn2c1NC(C)Cc1ccsc1. The van der Waals surface area contributed by atoms with Gasteiger partial charge in [-0.25, -0.2) is 0 Å². The molecule has 0 bridgehead atoms. The van der Waals surface area contributed by atoms with E-state index in [4.69, 9.17) is 11.6 Å². The van der Waals surface area contributed by atoms with Crippen molar-refractivity contribution in [2.75, 3.05) is 5.32 Å². The predicted octanol–water partition coefficient (Wildman–Crippen LogP) is 3.19. The third-order valence-electron chi connectivity index (χ3n) is 3.11. The highest BCUT2D eigenvalue weighted by Crippen LogP contribution is 2.23. The molecule has 0 radical (unpaired) electrons. The van der Waals surface area contributed by atoms with Crippen molar-refractivity contribution in [2.24, 2.45) is 0 Å². The molecule has 0 saturated heterocycles. The highest BCUT2D eigenvalue weighted by atomic mass is 35.5. The Hall–Kier alpha value is -1.66. The Balaban J connectivity index is 1.89. The van der Waals surface area contributed by atoms with E-state index >= 15 is 0 Å². The number of halogens is 1. The molecule has 0 aromatic carbocycles. The number of aromatic nitrogens is 4. The van der Waals surface area contributed by atoms with E-state index in [9.17, 15) is 0 Å². The van der Waals surface area contributed by atoms with E-state index in [1.54, 1.807) is 15.9 Å². The van der Waals surface area contributed by atoms with Crippen molar-refractivity contribution < 1.29 is 0 Å². The number of hydrogen-bond donors (Lipinski definition) is 1. The molecule has 0 aliphatic rings. The van der Waals surface area contributed by atoms with Crippen molar-refractivity contribution >= 4 is 34.5 Å². The summed E-state index contributed by atoms with van der Waals surface area (Å²) in [5, 5.41) is 12.4. The Labute approximate surface area is 125 Å². The number of nitrogens with one attached hydrogen (secondary N) is 1. The molecular weight excluding hydrogens is 294 g/mol. The first-order chi connectivity index (χ1) is 9.65. The van der Waals surface area contributed by atoms with Crippen LogP contribution in [0.1, 0.15) is 18.1 Å². The molecule has 3 heterocycles. The average molecular weight is 308 g/mol. The van der Waals surface area contributed by atoms with E-state index in [2.05, 4.69) is 44.1 Å².